The quantitative estimate of drug-likeness (QED) is 0.238. The zero-order chi connectivity index (χ0) is 27.2. The molecule has 2 nitrogen and oxygen atoms in total. The fraction of sp³-hybridized carbons (Fsp3) is 0.528. The maximum Gasteiger partial charge on any atom is 0.0708 e. The first-order chi connectivity index (χ1) is 18.3. The van der Waals surface area contributed by atoms with E-state index in [1.54, 1.807) is 5.57 Å². The van der Waals surface area contributed by atoms with Crippen molar-refractivity contribution in [3.05, 3.63) is 87.1 Å². The van der Waals surface area contributed by atoms with Crippen LogP contribution in [0.1, 0.15) is 103 Å². The summed E-state index contributed by atoms with van der Waals surface area (Å²) < 4.78 is 0. The highest BCUT2D eigenvalue weighted by Gasteiger charge is 2.26. The van der Waals surface area contributed by atoms with E-state index in [9.17, 15) is 0 Å². The van der Waals surface area contributed by atoms with Crippen molar-refractivity contribution in [1.29, 1.82) is 0 Å². The van der Waals surface area contributed by atoms with E-state index in [4.69, 9.17) is 4.99 Å². The summed E-state index contributed by atoms with van der Waals surface area (Å²) in [7, 11) is 0. The van der Waals surface area contributed by atoms with Gasteiger partial charge in [0.1, 0.15) is 0 Å². The zero-order valence-electron chi connectivity index (χ0n) is 25.2. The van der Waals surface area contributed by atoms with Crippen molar-refractivity contribution in [2.24, 2.45) is 10.9 Å². The molecule has 38 heavy (non-hydrogen) atoms. The lowest BCUT2D eigenvalue weighted by molar-refractivity contribution is 0.138. The lowest BCUT2D eigenvalue weighted by atomic mass is 9.87. The summed E-state index contributed by atoms with van der Waals surface area (Å²) in [5, 5.41) is 0. The molecule has 2 saturated carbocycles. The lowest BCUT2D eigenvalue weighted by Gasteiger charge is -2.39. The highest BCUT2D eigenvalue weighted by Crippen LogP contribution is 2.33. The van der Waals surface area contributed by atoms with Gasteiger partial charge in [-0.15, -0.1) is 0 Å². The van der Waals surface area contributed by atoms with E-state index < -0.39 is 0 Å². The summed E-state index contributed by atoms with van der Waals surface area (Å²) in [6.45, 7) is 18.0. The Labute approximate surface area is 233 Å². The molecular formula is C36H50N2. The number of aryl methyl sites for hydroxylation is 2. The predicted octanol–water partition coefficient (Wildman–Crippen LogP) is 9.71. The van der Waals surface area contributed by atoms with Gasteiger partial charge >= 0.3 is 0 Å². The Morgan fingerprint density at radius 1 is 1.05 bits per heavy atom. The summed E-state index contributed by atoms with van der Waals surface area (Å²) in [6, 6.07) is 7.64. The molecular weight excluding hydrogens is 460 g/mol. The first-order valence-electron chi connectivity index (χ1n) is 15.2. The van der Waals surface area contributed by atoms with Crippen molar-refractivity contribution in [2.45, 2.75) is 106 Å². The number of aliphatic imine (C=N–C) groups is 1. The van der Waals surface area contributed by atoms with Crippen LogP contribution in [0.5, 0.6) is 0 Å². The first kappa shape index (κ1) is 28.6. The Morgan fingerprint density at radius 2 is 1.82 bits per heavy atom. The van der Waals surface area contributed by atoms with Gasteiger partial charge in [-0.25, -0.2) is 0 Å². The average Bonchev–Trinajstić information content (AvgIpc) is 2.84. The standard InChI is InChI=1S/C36H50N2/c1-8-25(3)36(29(7)23-30(9-2)32-18-20-38(21-19-32)34-14-11-15-34)37-35(24-28(6)31-12-10-13-31)33-17-16-26(4)27(5)22-33/h9,16-18,22-25,34H,8,10-15,19-21H2,1-7H3/b29-23-,30-9+,35-24-,37-36-. The molecule has 1 atom stereocenters. The molecule has 0 N–H and O–H groups in total. The zero-order valence-corrected chi connectivity index (χ0v) is 25.2. The van der Waals surface area contributed by atoms with Crippen LogP contribution in [0.4, 0.5) is 0 Å². The molecule has 0 spiro atoms. The number of hydrogen-bond donors (Lipinski definition) is 0. The second-order valence-electron chi connectivity index (χ2n) is 11.9. The molecule has 0 bridgehead atoms. The summed E-state index contributed by atoms with van der Waals surface area (Å²) >= 11 is 0. The molecule has 0 saturated heterocycles. The number of rotatable bonds is 9. The van der Waals surface area contributed by atoms with Crippen LogP contribution < -0.4 is 0 Å². The molecule has 0 amide bonds. The Kier molecular flexibility index (Phi) is 9.82. The molecule has 1 aromatic carbocycles. The van der Waals surface area contributed by atoms with Gasteiger partial charge < -0.3 is 0 Å². The molecule has 4 rings (SSSR count). The molecule has 1 aliphatic heterocycles. The molecule has 204 valence electrons. The van der Waals surface area contributed by atoms with Crippen LogP contribution in [0.15, 0.2) is 75.4 Å². The minimum Gasteiger partial charge on any atom is -0.296 e. The van der Waals surface area contributed by atoms with Gasteiger partial charge in [-0.2, -0.15) is 0 Å². The minimum atomic E-state index is 0.394. The fourth-order valence-electron chi connectivity index (χ4n) is 5.75. The molecule has 3 aliphatic rings. The van der Waals surface area contributed by atoms with E-state index in [-0.39, 0.29) is 0 Å². The van der Waals surface area contributed by atoms with Crippen LogP contribution in [0.2, 0.25) is 0 Å². The van der Waals surface area contributed by atoms with E-state index in [2.05, 4.69) is 95.9 Å². The second kappa shape index (κ2) is 13.1. The van der Waals surface area contributed by atoms with E-state index in [0.29, 0.717) is 5.92 Å². The number of nitrogens with zero attached hydrogens (tertiary/aromatic N) is 2. The first-order valence-corrected chi connectivity index (χ1v) is 15.2. The Bertz CT molecular complexity index is 1190. The van der Waals surface area contributed by atoms with Gasteiger partial charge in [0.2, 0.25) is 0 Å². The second-order valence-corrected chi connectivity index (χ2v) is 11.9. The highest BCUT2D eigenvalue weighted by atomic mass is 15.2. The van der Waals surface area contributed by atoms with E-state index >= 15 is 0 Å². The molecule has 1 heterocycles. The Morgan fingerprint density at radius 3 is 2.34 bits per heavy atom. The monoisotopic (exact) mass is 510 g/mol. The van der Waals surface area contributed by atoms with Crippen molar-refractivity contribution < 1.29 is 0 Å². The predicted molar refractivity (Wildman–Crippen MR) is 167 cm³/mol. The van der Waals surface area contributed by atoms with Crippen LogP contribution in [0.3, 0.4) is 0 Å². The lowest BCUT2D eigenvalue weighted by Crippen LogP contribution is -2.42. The van der Waals surface area contributed by atoms with Crippen molar-refractivity contribution in [3.8, 4) is 0 Å². The van der Waals surface area contributed by atoms with Gasteiger partial charge in [0, 0.05) is 30.4 Å². The molecule has 2 aliphatic carbocycles. The van der Waals surface area contributed by atoms with E-state index in [0.717, 1.165) is 31.1 Å². The fourth-order valence-corrected chi connectivity index (χ4v) is 5.75. The molecule has 0 radical (unpaired) electrons. The maximum absolute atomic E-state index is 5.48. The maximum atomic E-state index is 5.48. The third kappa shape index (κ3) is 6.75. The van der Waals surface area contributed by atoms with Gasteiger partial charge in [-0.05, 0) is 131 Å². The summed E-state index contributed by atoms with van der Waals surface area (Å²) in [4.78, 5) is 8.16. The third-order valence-corrected chi connectivity index (χ3v) is 9.28. The van der Waals surface area contributed by atoms with Crippen LogP contribution in [-0.4, -0.2) is 29.7 Å². The number of allylic oxidation sites excluding steroid dienone is 7. The number of benzene rings is 1. The summed E-state index contributed by atoms with van der Waals surface area (Å²) in [5.41, 5.74) is 13.4. The van der Waals surface area contributed by atoms with Crippen LogP contribution >= 0.6 is 0 Å². The third-order valence-electron chi connectivity index (χ3n) is 9.28. The van der Waals surface area contributed by atoms with Gasteiger partial charge in [-0.1, -0.05) is 56.2 Å². The van der Waals surface area contributed by atoms with Gasteiger partial charge in [0.15, 0.2) is 0 Å². The van der Waals surface area contributed by atoms with Gasteiger partial charge in [-0.3, -0.25) is 9.89 Å². The molecule has 2 fully saturated rings. The van der Waals surface area contributed by atoms with E-state index in [1.807, 2.05) is 0 Å². The van der Waals surface area contributed by atoms with Gasteiger partial charge in [0.25, 0.3) is 0 Å². The highest BCUT2D eigenvalue weighted by molar-refractivity contribution is 6.04. The minimum absolute atomic E-state index is 0.394. The van der Waals surface area contributed by atoms with Crippen LogP contribution in [0, 0.1) is 19.8 Å². The van der Waals surface area contributed by atoms with Gasteiger partial charge in [0.05, 0.1) is 5.70 Å². The van der Waals surface area contributed by atoms with Crippen LogP contribution in [0.25, 0.3) is 5.70 Å². The Balaban J connectivity index is 1.69. The topological polar surface area (TPSA) is 15.6 Å². The summed E-state index contributed by atoms with van der Waals surface area (Å²) in [5.74, 6) is 0.394. The number of hydrogen-bond acceptors (Lipinski definition) is 2. The van der Waals surface area contributed by atoms with Crippen molar-refractivity contribution in [3.63, 3.8) is 0 Å². The average molecular weight is 511 g/mol. The van der Waals surface area contributed by atoms with Crippen molar-refractivity contribution >= 4 is 11.4 Å². The smallest absolute Gasteiger partial charge is 0.0708 e. The van der Waals surface area contributed by atoms with Crippen molar-refractivity contribution in [1.82, 2.24) is 4.90 Å². The summed E-state index contributed by atoms with van der Waals surface area (Å²) in [6.07, 6.45) is 19.8. The SMILES string of the molecule is C\C=C(/C=C(C)\C(=N/C(=C\C(C)=C1CCC1)c1ccc(C)c(C)c1)C(C)CC)C1=CCN(C2CCC2)CC1. The molecule has 2 heteroatoms. The van der Waals surface area contributed by atoms with E-state index in [1.165, 1.54) is 89.8 Å². The molecule has 0 aromatic heterocycles. The molecule has 1 aromatic rings. The van der Waals surface area contributed by atoms with Crippen molar-refractivity contribution in [2.75, 3.05) is 13.1 Å². The normalized spacial score (nSPS) is 21.1. The Hall–Kier alpha value is -2.45. The molecule has 1 unspecified atom stereocenters. The van der Waals surface area contributed by atoms with Crippen LogP contribution in [-0.2, 0) is 0 Å². The largest absolute Gasteiger partial charge is 0.296 e.